The van der Waals surface area contributed by atoms with Gasteiger partial charge in [0.1, 0.15) is 22.2 Å². The maximum Gasteiger partial charge on any atom is 0.266 e. The van der Waals surface area contributed by atoms with Crippen molar-refractivity contribution in [1.82, 2.24) is 10.3 Å². The molecular formula is C12H14FN3O4S. The first-order valence-corrected chi connectivity index (χ1v) is 7.56. The molecule has 1 aromatic heterocycles. The molecule has 0 fully saturated rings. The molecule has 0 radical (unpaired) electrons. The molecule has 0 amide bonds. The fourth-order valence-electron chi connectivity index (χ4n) is 1.55. The SMILES string of the molecule is Cc1nonc1NS(=O)(=O)c1cc(F)ccc1OC(C)C. The van der Waals surface area contributed by atoms with Gasteiger partial charge in [0.15, 0.2) is 0 Å². The summed E-state index contributed by atoms with van der Waals surface area (Å²) in [7, 11) is -4.08. The Balaban J connectivity index is 2.43. The fraction of sp³-hybridized carbons (Fsp3) is 0.333. The Morgan fingerprint density at radius 3 is 2.62 bits per heavy atom. The molecule has 0 aliphatic carbocycles. The zero-order chi connectivity index (χ0) is 15.6. The van der Waals surface area contributed by atoms with Gasteiger partial charge in [0.25, 0.3) is 10.0 Å². The highest BCUT2D eigenvalue weighted by Gasteiger charge is 2.23. The Bertz CT molecular complexity index is 743. The van der Waals surface area contributed by atoms with E-state index in [0.29, 0.717) is 0 Å². The third kappa shape index (κ3) is 3.48. The van der Waals surface area contributed by atoms with Gasteiger partial charge in [-0.25, -0.2) is 17.4 Å². The Morgan fingerprint density at radius 1 is 1.33 bits per heavy atom. The van der Waals surface area contributed by atoms with Crippen molar-refractivity contribution in [2.45, 2.75) is 31.8 Å². The lowest BCUT2D eigenvalue weighted by Gasteiger charge is -2.14. The normalized spacial score (nSPS) is 11.7. The van der Waals surface area contributed by atoms with Crippen molar-refractivity contribution in [2.24, 2.45) is 0 Å². The monoisotopic (exact) mass is 315 g/mol. The summed E-state index contributed by atoms with van der Waals surface area (Å²) in [5, 5.41) is 6.89. The van der Waals surface area contributed by atoms with Crippen LogP contribution in [0.2, 0.25) is 0 Å². The summed E-state index contributed by atoms with van der Waals surface area (Å²) in [6.07, 6.45) is -0.264. The van der Waals surface area contributed by atoms with Gasteiger partial charge in [-0.2, -0.15) is 0 Å². The number of sulfonamides is 1. The molecule has 0 bridgehead atoms. The molecule has 0 saturated heterocycles. The molecular weight excluding hydrogens is 301 g/mol. The summed E-state index contributed by atoms with van der Waals surface area (Å²) < 4.78 is 50.0. The number of hydrogen-bond acceptors (Lipinski definition) is 6. The number of hydrogen-bond donors (Lipinski definition) is 1. The van der Waals surface area contributed by atoms with Crippen LogP contribution in [-0.2, 0) is 10.0 Å². The van der Waals surface area contributed by atoms with Crippen molar-refractivity contribution >= 4 is 15.8 Å². The number of nitrogens with zero attached hydrogens (tertiary/aromatic N) is 2. The van der Waals surface area contributed by atoms with E-state index in [-0.39, 0.29) is 28.3 Å². The smallest absolute Gasteiger partial charge is 0.266 e. The van der Waals surface area contributed by atoms with Crippen molar-refractivity contribution in [3.8, 4) is 5.75 Å². The average Bonchev–Trinajstić information content (AvgIpc) is 2.76. The third-order valence-electron chi connectivity index (χ3n) is 2.44. The van der Waals surface area contributed by atoms with E-state index in [1.54, 1.807) is 13.8 Å². The van der Waals surface area contributed by atoms with Crippen LogP contribution in [0.5, 0.6) is 5.75 Å². The van der Waals surface area contributed by atoms with Crippen molar-refractivity contribution in [3.05, 3.63) is 29.7 Å². The molecule has 1 aromatic carbocycles. The molecule has 0 unspecified atom stereocenters. The highest BCUT2D eigenvalue weighted by atomic mass is 32.2. The van der Waals surface area contributed by atoms with Crippen LogP contribution in [0.1, 0.15) is 19.5 Å². The Hall–Kier alpha value is -2.16. The first-order chi connectivity index (χ1) is 9.79. The van der Waals surface area contributed by atoms with Gasteiger partial charge in [-0.05, 0) is 44.1 Å². The average molecular weight is 315 g/mol. The van der Waals surface area contributed by atoms with Gasteiger partial charge in [0, 0.05) is 0 Å². The van der Waals surface area contributed by atoms with Crippen LogP contribution in [0.3, 0.4) is 0 Å². The number of benzene rings is 1. The Morgan fingerprint density at radius 2 is 2.05 bits per heavy atom. The quantitative estimate of drug-likeness (QED) is 0.908. The molecule has 1 N–H and O–H groups in total. The zero-order valence-corrected chi connectivity index (χ0v) is 12.4. The fourth-order valence-corrected chi connectivity index (χ4v) is 2.75. The van der Waals surface area contributed by atoms with Gasteiger partial charge in [-0.1, -0.05) is 5.16 Å². The molecule has 114 valence electrons. The Labute approximate surface area is 121 Å². The molecule has 1 heterocycles. The van der Waals surface area contributed by atoms with E-state index in [1.165, 1.54) is 13.0 Å². The predicted molar refractivity (Wildman–Crippen MR) is 72.0 cm³/mol. The molecule has 2 rings (SSSR count). The van der Waals surface area contributed by atoms with Crippen molar-refractivity contribution < 1.29 is 22.2 Å². The van der Waals surface area contributed by atoms with E-state index < -0.39 is 15.8 Å². The zero-order valence-electron chi connectivity index (χ0n) is 11.6. The summed E-state index contributed by atoms with van der Waals surface area (Å²) in [6.45, 7) is 4.99. The van der Waals surface area contributed by atoms with Crippen molar-refractivity contribution in [2.75, 3.05) is 4.72 Å². The standard InChI is InChI=1S/C12H14FN3O4S/c1-7(2)19-10-5-4-9(13)6-11(10)21(17,18)16-12-8(3)14-20-15-12/h4-7H,1-3H3,(H,15,16). The van der Waals surface area contributed by atoms with Gasteiger partial charge in [-0.15, -0.1) is 0 Å². The van der Waals surface area contributed by atoms with Crippen LogP contribution in [-0.4, -0.2) is 24.8 Å². The van der Waals surface area contributed by atoms with Gasteiger partial charge in [0.2, 0.25) is 5.82 Å². The van der Waals surface area contributed by atoms with E-state index in [4.69, 9.17) is 4.74 Å². The van der Waals surface area contributed by atoms with E-state index in [1.807, 2.05) is 0 Å². The van der Waals surface area contributed by atoms with E-state index in [2.05, 4.69) is 19.7 Å². The van der Waals surface area contributed by atoms with Crippen LogP contribution in [0.15, 0.2) is 27.7 Å². The highest BCUT2D eigenvalue weighted by molar-refractivity contribution is 7.92. The van der Waals surface area contributed by atoms with Crippen molar-refractivity contribution in [1.29, 1.82) is 0 Å². The first kappa shape index (κ1) is 15.2. The number of nitrogens with one attached hydrogen (secondary N) is 1. The van der Waals surface area contributed by atoms with Crippen LogP contribution in [0.4, 0.5) is 10.2 Å². The van der Waals surface area contributed by atoms with Crippen LogP contribution in [0, 0.1) is 12.7 Å². The van der Waals surface area contributed by atoms with E-state index in [9.17, 15) is 12.8 Å². The number of halogens is 1. The van der Waals surface area contributed by atoms with Crippen LogP contribution < -0.4 is 9.46 Å². The third-order valence-corrected chi connectivity index (χ3v) is 3.80. The second-order valence-electron chi connectivity index (χ2n) is 4.56. The Kier molecular flexibility index (Phi) is 4.12. The highest BCUT2D eigenvalue weighted by Crippen LogP contribution is 2.27. The van der Waals surface area contributed by atoms with Crippen molar-refractivity contribution in [3.63, 3.8) is 0 Å². The molecule has 2 aromatic rings. The molecule has 0 aliphatic heterocycles. The number of rotatable bonds is 5. The number of ether oxygens (including phenoxy) is 1. The lowest BCUT2D eigenvalue weighted by atomic mass is 10.3. The topological polar surface area (TPSA) is 94.3 Å². The first-order valence-electron chi connectivity index (χ1n) is 6.08. The molecule has 0 spiro atoms. The number of aryl methyl sites for hydroxylation is 1. The minimum atomic E-state index is -4.08. The van der Waals surface area contributed by atoms with E-state index in [0.717, 1.165) is 12.1 Å². The summed E-state index contributed by atoms with van der Waals surface area (Å²) in [6, 6.07) is 3.26. The largest absolute Gasteiger partial charge is 0.490 e. The summed E-state index contributed by atoms with van der Waals surface area (Å²) >= 11 is 0. The molecule has 0 atom stereocenters. The predicted octanol–water partition coefficient (Wildman–Crippen LogP) is 2.11. The van der Waals surface area contributed by atoms with Gasteiger partial charge in [-0.3, -0.25) is 4.72 Å². The second-order valence-corrected chi connectivity index (χ2v) is 6.21. The van der Waals surface area contributed by atoms with Crippen LogP contribution >= 0.6 is 0 Å². The minimum absolute atomic E-state index is 0.0491. The number of anilines is 1. The summed E-state index contributed by atoms with van der Waals surface area (Å²) in [5.74, 6) is -0.704. The lowest BCUT2D eigenvalue weighted by Crippen LogP contribution is -2.17. The lowest BCUT2D eigenvalue weighted by molar-refractivity contribution is 0.235. The minimum Gasteiger partial charge on any atom is -0.490 e. The summed E-state index contributed by atoms with van der Waals surface area (Å²) in [4.78, 5) is -0.321. The van der Waals surface area contributed by atoms with Gasteiger partial charge < -0.3 is 4.74 Å². The molecule has 0 aliphatic rings. The van der Waals surface area contributed by atoms with E-state index >= 15 is 0 Å². The number of aromatic nitrogens is 2. The molecule has 9 heteroatoms. The summed E-state index contributed by atoms with van der Waals surface area (Å²) in [5.41, 5.74) is 0.265. The maximum atomic E-state index is 13.4. The van der Waals surface area contributed by atoms with Crippen LogP contribution in [0.25, 0.3) is 0 Å². The maximum absolute atomic E-state index is 13.4. The molecule has 21 heavy (non-hydrogen) atoms. The van der Waals surface area contributed by atoms with Gasteiger partial charge in [0.05, 0.1) is 6.10 Å². The molecule has 0 saturated carbocycles. The molecule has 7 nitrogen and oxygen atoms in total. The second kappa shape index (κ2) is 5.68. The van der Waals surface area contributed by atoms with Gasteiger partial charge >= 0.3 is 0 Å².